The standard InChI is InChI=1S/C21H20N2O3S/c1-14-12-18(19(24)13-27-20-6-4-5-11-22-20)15(2)23(14)17-9-7-16(8-10-17)21(25)26-3/h4-12H,13H2,1-3H3. The summed E-state index contributed by atoms with van der Waals surface area (Å²) in [6.07, 6.45) is 1.72. The molecule has 0 radical (unpaired) electrons. The van der Waals surface area contributed by atoms with Crippen molar-refractivity contribution in [3.05, 3.63) is 77.2 Å². The van der Waals surface area contributed by atoms with E-state index in [1.807, 2.05) is 54.8 Å². The zero-order chi connectivity index (χ0) is 19.4. The number of carbonyl (C=O) groups is 2. The minimum absolute atomic E-state index is 0.0659. The van der Waals surface area contributed by atoms with Gasteiger partial charge < -0.3 is 9.30 Å². The smallest absolute Gasteiger partial charge is 0.337 e. The second-order valence-corrected chi connectivity index (χ2v) is 7.03. The predicted octanol–water partition coefficient (Wildman–Crippen LogP) is 4.25. The molecule has 0 saturated carbocycles. The Labute approximate surface area is 162 Å². The molecule has 0 N–H and O–H groups in total. The number of methoxy groups -OCH3 is 1. The van der Waals surface area contributed by atoms with Gasteiger partial charge in [0.05, 0.1) is 23.5 Å². The quantitative estimate of drug-likeness (QED) is 0.363. The van der Waals surface area contributed by atoms with Crippen molar-refractivity contribution in [1.82, 2.24) is 9.55 Å². The van der Waals surface area contributed by atoms with E-state index in [4.69, 9.17) is 4.74 Å². The molecule has 2 heterocycles. The lowest BCUT2D eigenvalue weighted by Crippen LogP contribution is -2.06. The van der Waals surface area contributed by atoms with Crippen molar-refractivity contribution in [3.63, 3.8) is 0 Å². The van der Waals surface area contributed by atoms with Gasteiger partial charge >= 0.3 is 5.97 Å². The average molecular weight is 380 g/mol. The summed E-state index contributed by atoms with van der Waals surface area (Å²) in [5.41, 5.74) is 3.93. The number of ether oxygens (including phenoxy) is 1. The van der Waals surface area contributed by atoms with Gasteiger partial charge in [0, 0.05) is 28.8 Å². The number of rotatable bonds is 6. The van der Waals surface area contributed by atoms with Gasteiger partial charge in [0.15, 0.2) is 5.78 Å². The maximum atomic E-state index is 12.7. The number of esters is 1. The van der Waals surface area contributed by atoms with Crippen LogP contribution in [0.2, 0.25) is 0 Å². The van der Waals surface area contributed by atoms with Gasteiger partial charge in [-0.15, -0.1) is 0 Å². The summed E-state index contributed by atoms with van der Waals surface area (Å²) in [5, 5.41) is 0.832. The number of Topliss-reactive ketones (excluding diaryl/α,β-unsaturated/α-hetero) is 1. The second kappa shape index (κ2) is 8.22. The number of nitrogens with zero attached hydrogens (tertiary/aromatic N) is 2. The van der Waals surface area contributed by atoms with Gasteiger partial charge in [-0.1, -0.05) is 17.8 Å². The minimum atomic E-state index is -0.370. The van der Waals surface area contributed by atoms with Crippen molar-refractivity contribution >= 4 is 23.5 Å². The van der Waals surface area contributed by atoms with Crippen LogP contribution in [0.3, 0.4) is 0 Å². The van der Waals surface area contributed by atoms with Crippen LogP contribution in [0.25, 0.3) is 5.69 Å². The first-order valence-electron chi connectivity index (χ1n) is 8.46. The van der Waals surface area contributed by atoms with E-state index in [0.717, 1.165) is 22.1 Å². The molecule has 6 heteroatoms. The molecule has 0 atom stereocenters. The maximum Gasteiger partial charge on any atom is 0.337 e. The van der Waals surface area contributed by atoms with Crippen molar-refractivity contribution in [3.8, 4) is 5.69 Å². The molecule has 0 bridgehead atoms. The normalized spacial score (nSPS) is 10.6. The fourth-order valence-corrected chi connectivity index (χ4v) is 3.70. The summed E-state index contributed by atoms with van der Waals surface area (Å²) >= 11 is 1.43. The number of pyridine rings is 1. The van der Waals surface area contributed by atoms with E-state index < -0.39 is 0 Å². The van der Waals surface area contributed by atoms with Gasteiger partial charge in [0.25, 0.3) is 0 Å². The Balaban J connectivity index is 1.82. The molecule has 0 aliphatic rings. The molecule has 5 nitrogen and oxygen atoms in total. The minimum Gasteiger partial charge on any atom is -0.465 e. The molecule has 0 aliphatic heterocycles. The Morgan fingerprint density at radius 2 is 1.85 bits per heavy atom. The Morgan fingerprint density at radius 1 is 1.11 bits per heavy atom. The molecule has 0 saturated heterocycles. The number of hydrogen-bond donors (Lipinski definition) is 0. The van der Waals surface area contributed by atoms with Crippen molar-refractivity contribution in [1.29, 1.82) is 0 Å². The summed E-state index contributed by atoms with van der Waals surface area (Å²) in [7, 11) is 1.36. The van der Waals surface area contributed by atoms with Crippen LogP contribution in [0.15, 0.2) is 59.8 Å². The van der Waals surface area contributed by atoms with Gasteiger partial charge in [-0.3, -0.25) is 4.79 Å². The van der Waals surface area contributed by atoms with E-state index in [9.17, 15) is 9.59 Å². The maximum absolute atomic E-state index is 12.7. The Morgan fingerprint density at radius 3 is 2.48 bits per heavy atom. The second-order valence-electron chi connectivity index (χ2n) is 6.04. The van der Waals surface area contributed by atoms with Gasteiger partial charge in [-0.05, 0) is 56.3 Å². The molecule has 3 aromatic rings. The van der Waals surface area contributed by atoms with Crippen LogP contribution >= 0.6 is 11.8 Å². The van der Waals surface area contributed by atoms with Crippen molar-refractivity contribution in [2.24, 2.45) is 0 Å². The monoisotopic (exact) mass is 380 g/mol. The molecular weight excluding hydrogens is 360 g/mol. The van der Waals surface area contributed by atoms with E-state index in [2.05, 4.69) is 4.98 Å². The van der Waals surface area contributed by atoms with Crippen LogP contribution in [-0.4, -0.2) is 34.2 Å². The first-order valence-corrected chi connectivity index (χ1v) is 9.44. The third-order valence-electron chi connectivity index (χ3n) is 4.27. The Hall–Kier alpha value is -2.86. The highest BCUT2D eigenvalue weighted by Crippen LogP contribution is 2.24. The van der Waals surface area contributed by atoms with Crippen molar-refractivity contribution in [2.75, 3.05) is 12.9 Å². The summed E-state index contributed by atoms with van der Waals surface area (Å²) < 4.78 is 6.74. The molecule has 138 valence electrons. The van der Waals surface area contributed by atoms with Crippen LogP contribution in [0, 0.1) is 13.8 Å². The third-order valence-corrected chi connectivity index (χ3v) is 5.21. The summed E-state index contributed by atoms with van der Waals surface area (Å²) in [6.45, 7) is 3.89. The van der Waals surface area contributed by atoms with E-state index in [1.165, 1.54) is 18.9 Å². The number of aromatic nitrogens is 2. The first kappa shape index (κ1) is 18.9. The number of hydrogen-bond acceptors (Lipinski definition) is 5. The Kier molecular flexibility index (Phi) is 5.76. The van der Waals surface area contributed by atoms with Crippen LogP contribution in [0.5, 0.6) is 0 Å². The highest BCUT2D eigenvalue weighted by Gasteiger charge is 2.17. The zero-order valence-electron chi connectivity index (χ0n) is 15.4. The van der Waals surface area contributed by atoms with Gasteiger partial charge in [-0.25, -0.2) is 9.78 Å². The van der Waals surface area contributed by atoms with Crippen LogP contribution in [0.4, 0.5) is 0 Å². The molecule has 27 heavy (non-hydrogen) atoms. The van der Waals surface area contributed by atoms with Crippen molar-refractivity contribution < 1.29 is 14.3 Å². The van der Waals surface area contributed by atoms with Gasteiger partial charge in [-0.2, -0.15) is 0 Å². The zero-order valence-corrected chi connectivity index (χ0v) is 16.2. The van der Waals surface area contributed by atoms with Crippen LogP contribution < -0.4 is 0 Å². The lowest BCUT2D eigenvalue weighted by molar-refractivity contribution is 0.0600. The van der Waals surface area contributed by atoms with E-state index in [-0.39, 0.29) is 11.8 Å². The molecule has 3 rings (SSSR count). The number of benzene rings is 1. The molecule has 1 aromatic carbocycles. The van der Waals surface area contributed by atoms with Gasteiger partial charge in [0.1, 0.15) is 0 Å². The fourth-order valence-electron chi connectivity index (χ4n) is 2.96. The summed E-state index contributed by atoms with van der Waals surface area (Å²) in [6, 6.07) is 14.7. The van der Waals surface area contributed by atoms with Crippen molar-refractivity contribution in [2.45, 2.75) is 18.9 Å². The van der Waals surface area contributed by atoms with Crippen LogP contribution in [0.1, 0.15) is 32.1 Å². The van der Waals surface area contributed by atoms with E-state index in [1.54, 1.807) is 18.3 Å². The number of carbonyl (C=O) groups excluding carboxylic acids is 2. The molecule has 2 aromatic heterocycles. The molecular formula is C21H20N2O3S. The van der Waals surface area contributed by atoms with E-state index in [0.29, 0.717) is 16.9 Å². The summed E-state index contributed by atoms with van der Waals surface area (Å²) in [5.74, 6) is 0.0314. The number of aryl methyl sites for hydroxylation is 1. The van der Waals surface area contributed by atoms with E-state index >= 15 is 0 Å². The number of ketones is 1. The fraction of sp³-hybridized carbons (Fsp3) is 0.190. The SMILES string of the molecule is COC(=O)c1ccc(-n2c(C)cc(C(=O)CSc3ccccn3)c2C)cc1. The number of thioether (sulfide) groups is 1. The molecule has 0 fully saturated rings. The molecule has 0 aliphatic carbocycles. The first-order chi connectivity index (χ1) is 13.0. The average Bonchev–Trinajstić information content (AvgIpc) is 3.00. The lowest BCUT2D eigenvalue weighted by Gasteiger charge is -2.10. The Bertz CT molecular complexity index is 963. The topological polar surface area (TPSA) is 61.2 Å². The molecule has 0 unspecified atom stereocenters. The van der Waals surface area contributed by atoms with Gasteiger partial charge in [0.2, 0.25) is 0 Å². The predicted molar refractivity (Wildman–Crippen MR) is 106 cm³/mol. The van der Waals surface area contributed by atoms with Crippen LogP contribution in [-0.2, 0) is 4.74 Å². The molecule has 0 spiro atoms. The highest BCUT2D eigenvalue weighted by molar-refractivity contribution is 7.99. The largest absolute Gasteiger partial charge is 0.465 e. The highest BCUT2D eigenvalue weighted by atomic mass is 32.2. The third kappa shape index (κ3) is 4.11. The lowest BCUT2D eigenvalue weighted by atomic mass is 10.2. The molecule has 0 amide bonds. The summed E-state index contributed by atoms with van der Waals surface area (Å²) in [4.78, 5) is 28.5.